The molecule has 1 aromatic heterocycles. The smallest absolute Gasteiger partial charge is 0.410 e. The van der Waals surface area contributed by atoms with E-state index < -0.39 is 23.8 Å². The Hall–Kier alpha value is -2.74. The number of hydrogen-bond acceptors (Lipinski definition) is 5. The van der Waals surface area contributed by atoms with Crippen LogP contribution >= 0.6 is 0 Å². The van der Waals surface area contributed by atoms with Gasteiger partial charge in [-0.3, -0.25) is 0 Å². The number of nitrogens with one attached hydrogen (secondary N) is 1. The number of carboxylic acid groups (broad SMARTS) is 1. The van der Waals surface area contributed by atoms with Gasteiger partial charge in [0.25, 0.3) is 0 Å². The van der Waals surface area contributed by atoms with E-state index in [4.69, 9.17) is 14.6 Å². The zero-order chi connectivity index (χ0) is 21.1. The Balaban J connectivity index is 2.04. The molecule has 0 aliphatic heterocycles. The number of aliphatic hydroxyl groups excluding tert-OH is 1. The van der Waals surface area contributed by atoms with Crippen molar-refractivity contribution in [3.05, 3.63) is 30.0 Å². The van der Waals surface area contributed by atoms with Crippen molar-refractivity contribution in [2.45, 2.75) is 52.4 Å². The molecule has 3 N–H and O–H groups in total. The summed E-state index contributed by atoms with van der Waals surface area (Å²) in [6.45, 7) is 9.02. The zero-order valence-corrected chi connectivity index (χ0v) is 16.9. The number of carboxylic acids is 1. The van der Waals surface area contributed by atoms with Gasteiger partial charge in [0, 0.05) is 16.9 Å². The Morgan fingerprint density at radius 3 is 2.50 bits per heavy atom. The van der Waals surface area contributed by atoms with Gasteiger partial charge in [-0.15, -0.1) is 0 Å². The van der Waals surface area contributed by atoms with Crippen LogP contribution in [0.4, 0.5) is 4.79 Å². The van der Waals surface area contributed by atoms with Gasteiger partial charge < -0.3 is 29.6 Å². The van der Waals surface area contributed by atoms with Crippen LogP contribution in [0.15, 0.2) is 24.3 Å². The number of ether oxygens (including phenoxy) is 2. The number of hydrogen-bond donors (Lipinski definition) is 3. The molecule has 1 unspecified atom stereocenters. The van der Waals surface area contributed by atoms with Crippen LogP contribution in [0, 0.1) is 0 Å². The number of aromatic carboxylic acids is 1. The van der Waals surface area contributed by atoms with Crippen LogP contribution in [0.3, 0.4) is 0 Å². The molecule has 1 aromatic carbocycles. The average molecular weight is 392 g/mol. The highest BCUT2D eigenvalue weighted by Crippen LogP contribution is 2.26. The highest BCUT2D eigenvalue weighted by Gasteiger charge is 2.26. The number of aromatic nitrogens is 1. The molecule has 0 bridgehead atoms. The minimum atomic E-state index is -1.06. The molecule has 0 saturated carbocycles. The minimum Gasteiger partial charge on any atom is -0.490 e. The van der Waals surface area contributed by atoms with Gasteiger partial charge in [0.05, 0.1) is 6.54 Å². The number of amides is 1. The van der Waals surface area contributed by atoms with Gasteiger partial charge in [-0.05, 0) is 52.8 Å². The second-order valence-corrected chi connectivity index (χ2v) is 7.90. The average Bonchev–Trinajstić information content (AvgIpc) is 3.01. The summed E-state index contributed by atoms with van der Waals surface area (Å²) in [6, 6.07) is 6.50. The summed E-state index contributed by atoms with van der Waals surface area (Å²) in [5, 5.41) is 20.1. The van der Waals surface area contributed by atoms with E-state index in [0.717, 1.165) is 0 Å². The zero-order valence-electron chi connectivity index (χ0n) is 16.9. The molecule has 2 aromatic rings. The largest absolute Gasteiger partial charge is 0.490 e. The first kappa shape index (κ1) is 21.6. The predicted molar refractivity (Wildman–Crippen MR) is 105 cm³/mol. The molecular weight excluding hydrogens is 364 g/mol. The number of fused-ring (bicyclic) bond motifs is 1. The number of rotatable bonds is 7. The third-order valence-corrected chi connectivity index (χ3v) is 3.94. The van der Waals surface area contributed by atoms with E-state index in [1.54, 1.807) is 39.0 Å². The van der Waals surface area contributed by atoms with E-state index in [1.165, 1.54) is 11.0 Å². The van der Waals surface area contributed by atoms with Crippen molar-refractivity contribution in [3.63, 3.8) is 0 Å². The lowest BCUT2D eigenvalue weighted by molar-refractivity contribution is 0.00195. The summed E-state index contributed by atoms with van der Waals surface area (Å²) in [4.78, 5) is 27.7. The van der Waals surface area contributed by atoms with Crippen molar-refractivity contribution in [1.82, 2.24) is 9.88 Å². The van der Waals surface area contributed by atoms with Crippen LogP contribution < -0.4 is 4.74 Å². The van der Waals surface area contributed by atoms with Gasteiger partial charge in [0.15, 0.2) is 0 Å². The Kier molecular flexibility index (Phi) is 6.56. The van der Waals surface area contributed by atoms with Crippen LogP contribution in [0.5, 0.6) is 5.75 Å². The number of carbonyl (C=O) groups is 2. The van der Waals surface area contributed by atoms with Crippen molar-refractivity contribution >= 4 is 23.0 Å². The molecule has 8 nitrogen and oxygen atoms in total. The van der Waals surface area contributed by atoms with Crippen molar-refractivity contribution in [1.29, 1.82) is 0 Å². The van der Waals surface area contributed by atoms with Crippen molar-refractivity contribution in [3.8, 4) is 5.75 Å². The Morgan fingerprint density at radius 1 is 1.25 bits per heavy atom. The highest BCUT2D eigenvalue weighted by molar-refractivity contribution is 5.96. The minimum absolute atomic E-state index is 0.0517. The summed E-state index contributed by atoms with van der Waals surface area (Å²) in [5.74, 6) is -0.610. The van der Waals surface area contributed by atoms with Crippen molar-refractivity contribution < 1.29 is 29.3 Å². The first-order valence-corrected chi connectivity index (χ1v) is 9.13. The molecule has 1 heterocycles. The van der Waals surface area contributed by atoms with Gasteiger partial charge in [0.1, 0.15) is 29.8 Å². The van der Waals surface area contributed by atoms with Crippen LogP contribution in [-0.2, 0) is 4.74 Å². The lowest BCUT2D eigenvalue weighted by atomic mass is 10.2. The molecule has 2 rings (SSSR count). The van der Waals surface area contributed by atoms with E-state index in [0.29, 0.717) is 16.7 Å². The molecule has 154 valence electrons. The molecule has 1 amide bonds. The summed E-state index contributed by atoms with van der Waals surface area (Å²) < 4.78 is 11.1. The van der Waals surface area contributed by atoms with E-state index in [2.05, 4.69) is 4.98 Å². The summed E-state index contributed by atoms with van der Waals surface area (Å²) in [7, 11) is 0. The van der Waals surface area contributed by atoms with Gasteiger partial charge in [-0.2, -0.15) is 0 Å². The quantitative estimate of drug-likeness (QED) is 0.667. The van der Waals surface area contributed by atoms with Crippen LogP contribution in [0.25, 0.3) is 10.9 Å². The maximum absolute atomic E-state index is 12.3. The van der Waals surface area contributed by atoms with Gasteiger partial charge in [0.2, 0.25) is 0 Å². The predicted octanol–water partition coefficient (Wildman–Crippen LogP) is 3.25. The Labute approximate surface area is 164 Å². The molecule has 0 aliphatic rings. The lowest BCUT2D eigenvalue weighted by Gasteiger charge is -2.31. The van der Waals surface area contributed by atoms with E-state index in [-0.39, 0.29) is 24.9 Å². The monoisotopic (exact) mass is 392 g/mol. The lowest BCUT2D eigenvalue weighted by Crippen LogP contribution is -2.46. The van der Waals surface area contributed by atoms with Crippen LogP contribution in [0.1, 0.15) is 45.1 Å². The SMILES string of the molecule is CC(C)N(CC(O)COc1cccc2[nH]c(C(=O)O)cc12)C(=O)OC(C)(C)C. The normalized spacial score (nSPS) is 12.8. The summed E-state index contributed by atoms with van der Waals surface area (Å²) in [5.41, 5.74) is 0.0572. The summed E-state index contributed by atoms with van der Waals surface area (Å²) >= 11 is 0. The second-order valence-electron chi connectivity index (χ2n) is 7.90. The number of H-pyrrole nitrogens is 1. The standard InChI is InChI=1S/C20H28N2O6/c1-12(2)22(19(26)28-20(3,4)5)10-13(23)11-27-17-8-6-7-15-14(17)9-16(21-15)18(24)25/h6-9,12-13,21,23H,10-11H2,1-5H3,(H,24,25). The number of aromatic amines is 1. The number of nitrogens with zero attached hydrogens (tertiary/aromatic N) is 1. The summed E-state index contributed by atoms with van der Waals surface area (Å²) in [6.07, 6.45) is -1.44. The van der Waals surface area contributed by atoms with Gasteiger partial charge in [-0.1, -0.05) is 6.07 Å². The molecule has 28 heavy (non-hydrogen) atoms. The number of benzene rings is 1. The molecule has 0 spiro atoms. The fourth-order valence-electron chi connectivity index (χ4n) is 2.65. The number of aliphatic hydroxyl groups is 1. The third kappa shape index (κ3) is 5.63. The van der Waals surface area contributed by atoms with Gasteiger partial charge >= 0.3 is 12.1 Å². The van der Waals surface area contributed by atoms with Crippen molar-refractivity contribution in [2.24, 2.45) is 0 Å². The third-order valence-electron chi connectivity index (χ3n) is 3.94. The first-order valence-electron chi connectivity index (χ1n) is 9.13. The topological polar surface area (TPSA) is 112 Å². The highest BCUT2D eigenvalue weighted by atomic mass is 16.6. The maximum Gasteiger partial charge on any atom is 0.410 e. The second kappa shape index (κ2) is 8.52. The van der Waals surface area contributed by atoms with Gasteiger partial charge in [-0.25, -0.2) is 9.59 Å². The van der Waals surface area contributed by atoms with E-state index in [9.17, 15) is 14.7 Å². The van der Waals surface area contributed by atoms with E-state index >= 15 is 0 Å². The van der Waals surface area contributed by atoms with E-state index in [1.807, 2.05) is 13.8 Å². The molecule has 8 heteroatoms. The molecule has 0 aliphatic carbocycles. The van der Waals surface area contributed by atoms with Crippen LogP contribution in [0.2, 0.25) is 0 Å². The fraction of sp³-hybridized carbons (Fsp3) is 0.500. The molecule has 1 atom stereocenters. The maximum atomic E-state index is 12.3. The Bertz CT molecular complexity index is 837. The number of carbonyl (C=O) groups excluding carboxylic acids is 1. The molecule has 0 radical (unpaired) electrons. The fourth-order valence-corrected chi connectivity index (χ4v) is 2.65. The molecular formula is C20H28N2O6. The van der Waals surface area contributed by atoms with Crippen LogP contribution in [-0.4, -0.2) is 63.1 Å². The molecule has 0 saturated heterocycles. The van der Waals surface area contributed by atoms with Crippen molar-refractivity contribution in [2.75, 3.05) is 13.2 Å². The first-order chi connectivity index (χ1) is 13.0. The Morgan fingerprint density at radius 2 is 1.93 bits per heavy atom. The molecule has 0 fully saturated rings.